The number of nitrogens with zero attached hydrogens (tertiary/aromatic N) is 2. The van der Waals surface area contributed by atoms with Gasteiger partial charge in [0.1, 0.15) is 5.01 Å². The Kier molecular flexibility index (Phi) is 5.76. The summed E-state index contributed by atoms with van der Waals surface area (Å²) >= 11 is 1.74. The number of aromatic nitrogens is 1. The molecule has 0 radical (unpaired) electrons. The molecule has 1 N–H and O–H groups in total. The lowest BCUT2D eigenvalue weighted by molar-refractivity contribution is 0.198. The van der Waals surface area contributed by atoms with Crippen LogP contribution in [-0.4, -0.2) is 35.6 Å². The van der Waals surface area contributed by atoms with Gasteiger partial charge in [-0.3, -0.25) is 4.90 Å². The molecule has 0 aliphatic carbocycles. The number of rotatable bonds is 3. The van der Waals surface area contributed by atoms with Crippen LogP contribution < -0.4 is 5.32 Å². The number of nitrogens with one attached hydrogen (secondary N) is 1. The topological polar surface area (TPSA) is 28.2 Å². The highest BCUT2D eigenvalue weighted by atomic mass is 35.5. The van der Waals surface area contributed by atoms with Crippen LogP contribution in [0.15, 0.2) is 29.6 Å². The van der Waals surface area contributed by atoms with Gasteiger partial charge in [-0.05, 0) is 13.8 Å². The van der Waals surface area contributed by atoms with Gasteiger partial charge in [-0.1, -0.05) is 29.8 Å². The Morgan fingerprint density at radius 1 is 1.33 bits per heavy atom. The normalized spacial score (nSPS) is 19.2. The van der Waals surface area contributed by atoms with E-state index in [9.17, 15) is 0 Å². The van der Waals surface area contributed by atoms with Gasteiger partial charge in [0.05, 0.1) is 5.69 Å². The first kappa shape index (κ1) is 16.4. The molecule has 1 saturated heterocycles. The number of benzene rings is 1. The summed E-state index contributed by atoms with van der Waals surface area (Å²) in [6.45, 7) is 8.62. The van der Waals surface area contributed by atoms with E-state index in [0.717, 1.165) is 31.2 Å². The summed E-state index contributed by atoms with van der Waals surface area (Å²) in [7, 11) is 0. The molecule has 0 unspecified atom stereocenters. The van der Waals surface area contributed by atoms with Gasteiger partial charge in [-0.25, -0.2) is 4.98 Å². The van der Waals surface area contributed by atoms with Gasteiger partial charge in [0, 0.05) is 43.2 Å². The molecule has 21 heavy (non-hydrogen) atoms. The molecule has 0 saturated carbocycles. The predicted octanol–water partition coefficient (Wildman–Crippen LogP) is 3.33. The Bertz CT molecular complexity index is 567. The minimum atomic E-state index is 0. The molecule has 1 aliphatic heterocycles. The van der Waals surface area contributed by atoms with Crippen molar-refractivity contribution >= 4 is 23.7 Å². The molecule has 1 fully saturated rings. The summed E-state index contributed by atoms with van der Waals surface area (Å²) in [5, 5.41) is 6.80. The van der Waals surface area contributed by atoms with Crippen molar-refractivity contribution in [3.63, 3.8) is 0 Å². The van der Waals surface area contributed by atoms with Crippen molar-refractivity contribution in [2.24, 2.45) is 0 Å². The van der Waals surface area contributed by atoms with E-state index in [4.69, 9.17) is 4.98 Å². The Morgan fingerprint density at radius 3 is 2.81 bits per heavy atom. The first-order chi connectivity index (χ1) is 9.70. The Balaban J connectivity index is 0.00000161. The predicted molar refractivity (Wildman–Crippen MR) is 92.3 cm³/mol. The number of hydrogen-bond donors (Lipinski definition) is 1. The fraction of sp³-hybridized carbons (Fsp3) is 0.438. The van der Waals surface area contributed by atoms with E-state index < -0.39 is 0 Å². The van der Waals surface area contributed by atoms with Crippen LogP contribution in [0.5, 0.6) is 0 Å². The van der Waals surface area contributed by atoms with E-state index >= 15 is 0 Å². The highest BCUT2D eigenvalue weighted by Gasteiger charge is 2.16. The molecule has 1 atom stereocenters. The molecule has 2 aromatic rings. The fourth-order valence-electron chi connectivity index (χ4n) is 2.59. The second-order valence-corrected chi connectivity index (χ2v) is 6.46. The Hall–Kier alpha value is -0.940. The molecule has 3 nitrogen and oxygen atoms in total. The smallest absolute Gasteiger partial charge is 0.123 e. The average Bonchev–Trinajstić information content (AvgIpc) is 2.88. The zero-order chi connectivity index (χ0) is 13.9. The molecule has 0 amide bonds. The lowest BCUT2D eigenvalue weighted by atomic mass is 10.2. The highest BCUT2D eigenvalue weighted by molar-refractivity contribution is 7.13. The Labute approximate surface area is 136 Å². The van der Waals surface area contributed by atoms with E-state index in [1.807, 2.05) is 0 Å². The molecule has 1 aromatic heterocycles. The molecule has 1 aliphatic rings. The minimum Gasteiger partial charge on any atom is -0.312 e. The Morgan fingerprint density at radius 2 is 2.10 bits per heavy atom. The standard InChI is InChI=1S/C16H21N3S.ClH/c1-12-3-5-14(6-4-12)16-18-15(11-20-16)10-19-8-7-17-13(2)9-19;/h3-6,11,13,17H,7-10H2,1-2H3;1H/t13-;/m0./s1. The van der Waals surface area contributed by atoms with Crippen molar-refractivity contribution in [3.8, 4) is 10.6 Å². The van der Waals surface area contributed by atoms with E-state index in [2.05, 4.69) is 53.7 Å². The highest BCUT2D eigenvalue weighted by Crippen LogP contribution is 2.24. The van der Waals surface area contributed by atoms with Gasteiger partial charge >= 0.3 is 0 Å². The monoisotopic (exact) mass is 323 g/mol. The number of aryl methyl sites for hydroxylation is 1. The minimum absolute atomic E-state index is 0. The number of piperazine rings is 1. The first-order valence-corrected chi connectivity index (χ1v) is 8.06. The van der Waals surface area contributed by atoms with E-state index in [0.29, 0.717) is 6.04 Å². The summed E-state index contributed by atoms with van der Waals surface area (Å²) in [5.74, 6) is 0. The molecule has 5 heteroatoms. The van der Waals surface area contributed by atoms with Gasteiger partial charge in [0.2, 0.25) is 0 Å². The van der Waals surface area contributed by atoms with Crippen molar-refractivity contribution in [1.29, 1.82) is 0 Å². The van der Waals surface area contributed by atoms with Crippen LogP contribution in [0.1, 0.15) is 18.2 Å². The van der Waals surface area contributed by atoms with Crippen LogP contribution in [-0.2, 0) is 6.54 Å². The second kappa shape index (κ2) is 7.36. The SMILES string of the molecule is Cc1ccc(-c2nc(CN3CCN[C@@H](C)C3)cs2)cc1.Cl. The third-order valence-electron chi connectivity index (χ3n) is 3.69. The molecule has 1 aromatic carbocycles. The number of halogens is 1. The van der Waals surface area contributed by atoms with Crippen molar-refractivity contribution in [2.45, 2.75) is 26.4 Å². The van der Waals surface area contributed by atoms with Gasteiger partial charge in [-0.2, -0.15) is 0 Å². The zero-order valence-electron chi connectivity index (χ0n) is 12.5. The van der Waals surface area contributed by atoms with Gasteiger partial charge in [-0.15, -0.1) is 23.7 Å². The van der Waals surface area contributed by atoms with Crippen molar-refractivity contribution in [2.75, 3.05) is 19.6 Å². The fourth-order valence-corrected chi connectivity index (χ4v) is 3.41. The van der Waals surface area contributed by atoms with Gasteiger partial charge in [0.25, 0.3) is 0 Å². The van der Waals surface area contributed by atoms with Crippen LogP contribution >= 0.6 is 23.7 Å². The van der Waals surface area contributed by atoms with Crippen LogP contribution in [0.2, 0.25) is 0 Å². The largest absolute Gasteiger partial charge is 0.312 e. The summed E-state index contributed by atoms with van der Waals surface area (Å²) in [4.78, 5) is 7.27. The van der Waals surface area contributed by atoms with Gasteiger partial charge < -0.3 is 5.32 Å². The second-order valence-electron chi connectivity index (χ2n) is 5.60. The first-order valence-electron chi connectivity index (χ1n) is 7.18. The van der Waals surface area contributed by atoms with E-state index in [1.165, 1.54) is 16.8 Å². The van der Waals surface area contributed by atoms with Crippen LogP contribution in [0.3, 0.4) is 0 Å². The maximum absolute atomic E-state index is 4.79. The van der Waals surface area contributed by atoms with Crippen LogP contribution in [0.4, 0.5) is 0 Å². The van der Waals surface area contributed by atoms with Crippen molar-refractivity contribution in [3.05, 3.63) is 40.9 Å². The lowest BCUT2D eigenvalue weighted by Crippen LogP contribution is -2.48. The molecular formula is C16H22ClN3S. The molecule has 3 rings (SSSR count). The molecular weight excluding hydrogens is 302 g/mol. The molecule has 0 bridgehead atoms. The summed E-state index contributed by atoms with van der Waals surface area (Å²) < 4.78 is 0. The summed E-state index contributed by atoms with van der Waals surface area (Å²) in [5.41, 5.74) is 3.71. The van der Waals surface area contributed by atoms with E-state index in [1.54, 1.807) is 11.3 Å². The summed E-state index contributed by atoms with van der Waals surface area (Å²) in [6, 6.07) is 9.19. The zero-order valence-corrected chi connectivity index (χ0v) is 14.1. The van der Waals surface area contributed by atoms with Gasteiger partial charge in [0.15, 0.2) is 0 Å². The van der Waals surface area contributed by atoms with Crippen LogP contribution in [0.25, 0.3) is 10.6 Å². The molecule has 114 valence electrons. The quantitative estimate of drug-likeness (QED) is 0.939. The van der Waals surface area contributed by atoms with Crippen molar-refractivity contribution in [1.82, 2.24) is 15.2 Å². The third-order valence-corrected chi connectivity index (χ3v) is 4.63. The average molecular weight is 324 g/mol. The van der Waals surface area contributed by atoms with E-state index in [-0.39, 0.29) is 12.4 Å². The molecule has 2 heterocycles. The third kappa shape index (κ3) is 4.27. The number of thiazole rings is 1. The van der Waals surface area contributed by atoms with Crippen molar-refractivity contribution < 1.29 is 0 Å². The maximum Gasteiger partial charge on any atom is 0.123 e. The number of hydrogen-bond acceptors (Lipinski definition) is 4. The van der Waals surface area contributed by atoms with Crippen LogP contribution in [0, 0.1) is 6.92 Å². The lowest BCUT2D eigenvalue weighted by Gasteiger charge is -2.31. The summed E-state index contributed by atoms with van der Waals surface area (Å²) in [6.07, 6.45) is 0. The molecule has 0 spiro atoms. The maximum atomic E-state index is 4.79.